The molecule has 3 heterocycles. The number of nitro benzene ring substituents is 1. The lowest BCUT2D eigenvalue weighted by Gasteiger charge is -2.32. The molecule has 9 heteroatoms. The molecule has 5 rings (SSSR count). The van der Waals surface area contributed by atoms with Gasteiger partial charge >= 0.3 is 0 Å². The van der Waals surface area contributed by atoms with Gasteiger partial charge in [-0.05, 0) is 37.6 Å². The Kier molecular flexibility index (Phi) is 5.09. The minimum absolute atomic E-state index is 0.0808. The first-order valence-corrected chi connectivity index (χ1v) is 11.0. The Bertz CT molecular complexity index is 1420. The molecule has 0 unspecified atom stereocenters. The number of hydrogen-bond donors (Lipinski definition) is 0. The fourth-order valence-corrected chi connectivity index (χ4v) is 5.36. The third-order valence-corrected chi connectivity index (χ3v) is 6.88. The van der Waals surface area contributed by atoms with Crippen LogP contribution >= 0.6 is 0 Å². The second-order valence-corrected chi connectivity index (χ2v) is 8.96. The molecular weight excluding hydrogens is 448 g/mol. The molecule has 0 N–H and O–H groups in total. The number of nitrogens with zero attached hydrogens (tertiary/aromatic N) is 4. The number of aryl methyl sites for hydroxylation is 2. The standard InChI is InChI=1S/C26H20N4O5/c1-14-6-7-19(15(2)10-14)29-25(32)21-20-11-16(13-27)8-9-28(20)23(22(21)26(29)33)24(31)17-4-3-5-18(12-17)30(34)35/h3-12,20-23H,1-2H3/t20-,21+,22+,23-/m0/s1. The summed E-state index contributed by atoms with van der Waals surface area (Å²) in [5.74, 6) is -3.29. The van der Waals surface area contributed by atoms with Crippen LogP contribution in [0.25, 0.3) is 0 Å². The van der Waals surface area contributed by atoms with Gasteiger partial charge in [-0.2, -0.15) is 5.26 Å². The van der Waals surface area contributed by atoms with E-state index in [-0.39, 0.29) is 11.3 Å². The van der Waals surface area contributed by atoms with E-state index in [4.69, 9.17) is 0 Å². The van der Waals surface area contributed by atoms with Gasteiger partial charge in [0.05, 0.1) is 40.1 Å². The first-order valence-electron chi connectivity index (χ1n) is 11.0. The monoisotopic (exact) mass is 468 g/mol. The number of ketones is 1. The average Bonchev–Trinajstić information content (AvgIpc) is 3.31. The van der Waals surface area contributed by atoms with E-state index in [2.05, 4.69) is 6.07 Å². The molecule has 2 aromatic rings. The zero-order chi connectivity index (χ0) is 25.0. The Balaban J connectivity index is 1.62. The van der Waals surface area contributed by atoms with Crippen LogP contribution in [0, 0.1) is 47.1 Å². The van der Waals surface area contributed by atoms with Gasteiger partial charge < -0.3 is 4.90 Å². The van der Waals surface area contributed by atoms with E-state index in [9.17, 15) is 29.8 Å². The van der Waals surface area contributed by atoms with Crippen LogP contribution in [0.15, 0.2) is 66.4 Å². The number of carbonyl (C=O) groups is 3. The van der Waals surface area contributed by atoms with Gasteiger partial charge in [0.25, 0.3) is 5.69 Å². The number of carbonyl (C=O) groups excluding carboxylic acids is 3. The highest BCUT2D eigenvalue weighted by atomic mass is 16.6. The molecule has 2 aromatic carbocycles. The maximum atomic E-state index is 13.8. The third-order valence-electron chi connectivity index (χ3n) is 6.88. The summed E-state index contributed by atoms with van der Waals surface area (Å²) in [5.41, 5.74) is 2.37. The summed E-state index contributed by atoms with van der Waals surface area (Å²) >= 11 is 0. The van der Waals surface area contributed by atoms with Gasteiger partial charge in [-0.25, -0.2) is 4.90 Å². The number of amides is 2. The fourth-order valence-electron chi connectivity index (χ4n) is 5.36. The SMILES string of the molecule is Cc1ccc(N2C(=O)[C@@H]3[C@H](C2=O)[C@@H]2C=C(C#N)C=CN2[C@@H]3C(=O)c2cccc([N+](=O)[O-])c2)c(C)c1. The van der Waals surface area contributed by atoms with Crippen LogP contribution in [-0.2, 0) is 9.59 Å². The summed E-state index contributed by atoms with van der Waals surface area (Å²) in [6.45, 7) is 3.72. The highest BCUT2D eigenvalue weighted by Crippen LogP contribution is 2.47. The average molecular weight is 468 g/mol. The Morgan fingerprint density at radius 3 is 2.51 bits per heavy atom. The molecule has 3 aliphatic heterocycles. The van der Waals surface area contributed by atoms with Crippen molar-refractivity contribution in [2.45, 2.75) is 25.9 Å². The molecule has 0 radical (unpaired) electrons. The van der Waals surface area contributed by atoms with E-state index in [1.54, 1.807) is 23.2 Å². The lowest BCUT2D eigenvalue weighted by Crippen LogP contribution is -2.46. The predicted octanol–water partition coefficient (Wildman–Crippen LogP) is 3.23. The van der Waals surface area contributed by atoms with E-state index in [1.807, 2.05) is 26.0 Å². The molecule has 0 spiro atoms. The van der Waals surface area contributed by atoms with Crippen molar-refractivity contribution < 1.29 is 19.3 Å². The summed E-state index contributed by atoms with van der Waals surface area (Å²) in [6.07, 6.45) is 4.70. The molecule has 0 saturated carbocycles. The normalized spacial score (nSPS) is 24.7. The molecule has 4 atom stereocenters. The summed E-state index contributed by atoms with van der Waals surface area (Å²) in [7, 11) is 0. The van der Waals surface area contributed by atoms with Crippen molar-refractivity contribution in [2.75, 3.05) is 4.90 Å². The quantitative estimate of drug-likeness (QED) is 0.292. The van der Waals surface area contributed by atoms with Crippen LogP contribution in [-0.4, -0.2) is 39.5 Å². The van der Waals surface area contributed by atoms with Gasteiger partial charge in [0.1, 0.15) is 6.04 Å². The largest absolute Gasteiger partial charge is 0.359 e. The van der Waals surface area contributed by atoms with Crippen molar-refractivity contribution >= 4 is 29.0 Å². The molecular formula is C26H20N4O5. The van der Waals surface area contributed by atoms with Gasteiger partial charge in [0.2, 0.25) is 11.8 Å². The van der Waals surface area contributed by atoms with Crippen molar-refractivity contribution in [3.63, 3.8) is 0 Å². The van der Waals surface area contributed by atoms with E-state index in [0.717, 1.165) is 16.0 Å². The number of benzene rings is 2. The maximum Gasteiger partial charge on any atom is 0.270 e. The third kappa shape index (κ3) is 3.34. The molecule has 2 fully saturated rings. The number of rotatable bonds is 4. The van der Waals surface area contributed by atoms with Crippen molar-refractivity contribution in [1.29, 1.82) is 5.26 Å². The lowest BCUT2D eigenvalue weighted by molar-refractivity contribution is -0.384. The number of non-ortho nitro benzene ring substituents is 1. The summed E-state index contributed by atoms with van der Waals surface area (Å²) in [4.78, 5) is 54.6. The molecule has 9 nitrogen and oxygen atoms in total. The molecule has 35 heavy (non-hydrogen) atoms. The van der Waals surface area contributed by atoms with Crippen LogP contribution in [0.4, 0.5) is 11.4 Å². The zero-order valence-electron chi connectivity index (χ0n) is 18.9. The lowest BCUT2D eigenvalue weighted by atomic mass is 9.86. The van der Waals surface area contributed by atoms with Gasteiger partial charge in [-0.1, -0.05) is 29.8 Å². The van der Waals surface area contributed by atoms with E-state index < -0.39 is 46.4 Å². The number of anilines is 1. The smallest absolute Gasteiger partial charge is 0.270 e. The summed E-state index contributed by atoms with van der Waals surface area (Å²) in [5, 5.41) is 20.7. The number of Topliss-reactive ketones (excluding diaryl/α,β-unsaturated/α-hetero) is 1. The van der Waals surface area contributed by atoms with Crippen molar-refractivity contribution in [3.8, 4) is 6.07 Å². The predicted molar refractivity (Wildman–Crippen MR) is 125 cm³/mol. The fraction of sp³-hybridized carbons (Fsp3) is 0.231. The van der Waals surface area contributed by atoms with Crippen LogP contribution in [0.5, 0.6) is 0 Å². The molecule has 3 aliphatic rings. The molecule has 2 saturated heterocycles. The number of nitro groups is 1. The molecule has 2 amide bonds. The topological polar surface area (TPSA) is 125 Å². The Hall–Kier alpha value is -4.58. The van der Waals surface area contributed by atoms with Gasteiger partial charge in [0.15, 0.2) is 5.78 Å². The minimum atomic E-state index is -1.05. The van der Waals surface area contributed by atoms with E-state index in [0.29, 0.717) is 11.3 Å². The number of nitriles is 1. The van der Waals surface area contributed by atoms with Crippen molar-refractivity contribution in [2.24, 2.45) is 11.8 Å². The van der Waals surface area contributed by atoms with Gasteiger partial charge in [0, 0.05) is 23.9 Å². The van der Waals surface area contributed by atoms with Gasteiger partial charge in [-0.3, -0.25) is 24.5 Å². The van der Waals surface area contributed by atoms with E-state index in [1.165, 1.54) is 30.3 Å². The maximum absolute atomic E-state index is 13.8. The number of hydrogen-bond acceptors (Lipinski definition) is 7. The Morgan fingerprint density at radius 1 is 1.09 bits per heavy atom. The highest BCUT2D eigenvalue weighted by molar-refractivity contribution is 6.25. The van der Waals surface area contributed by atoms with Crippen LogP contribution in [0.1, 0.15) is 21.5 Å². The second-order valence-electron chi connectivity index (χ2n) is 8.96. The second kappa shape index (κ2) is 8.02. The van der Waals surface area contributed by atoms with Crippen LogP contribution in [0.3, 0.4) is 0 Å². The molecule has 0 aliphatic carbocycles. The molecule has 0 bridgehead atoms. The molecule has 174 valence electrons. The number of allylic oxidation sites excluding steroid dienone is 2. The summed E-state index contributed by atoms with van der Waals surface area (Å²) in [6, 6.07) is 11.1. The van der Waals surface area contributed by atoms with Crippen LogP contribution < -0.4 is 4.90 Å². The molecule has 0 aromatic heterocycles. The van der Waals surface area contributed by atoms with Crippen molar-refractivity contribution in [3.05, 3.63) is 93.2 Å². The highest BCUT2D eigenvalue weighted by Gasteiger charge is 2.63. The van der Waals surface area contributed by atoms with Crippen molar-refractivity contribution in [1.82, 2.24) is 4.90 Å². The number of imide groups is 1. The zero-order valence-corrected chi connectivity index (χ0v) is 18.9. The number of fused-ring (bicyclic) bond motifs is 3. The first-order chi connectivity index (χ1) is 16.7. The van der Waals surface area contributed by atoms with E-state index >= 15 is 0 Å². The van der Waals surface area contributed by atoms with Crippen LogP contribution in [0.2, 0.25) is 0 Å². The Labute approximate surface area is 200 Å². The summed E-state index contributed by atoms with van der Waals surface area (Å²) < 4.78 is 0. The Morgan fingerprint density at radius 2 is 1.83 bits per heavy atom. The van der Waals surface area contributed by atoms with Gasteiger partial charge in [-0.15, -0.1) is 0 Å². The minimum Gasteiger partial charge on any atom is -0.359 e. The first kappa shape index (κ1) is 22.2.